The van der Waals surface area contributed by atoms with E-state index in [-0.39, 0.29) is 24.4 Å². The number of ether oxygens (including phenoxy) is 2. The molecule has 5 nitrogen and oxygen atoms in total. The smallest absolute Gasteiger partial charge is 0.242 e. The van der Waals surface area contributed by atoms with Gasteiger partial charge in [-0.1, -0.05) is 13.3 Å². The first kappa shape index (κ1) is 20.6. The number of piperidine rings is 1. The van der Waals surface area contributed by atoms with E-state index >= 15 is 0 Å². The number of rotatable bonds is 8. The quantitative estimate of drug-likeness (QED) is 0.694. The third kappa shape index (κ3) is 6.96. The average Bonchev–Trinajstić information content (AvgIpc) is 2.43. The molecule has 1 heterocycles. The van der Waals surface area contributed by atoms with Crippen LogP contribution >= 0.6 is 12.4 Å². The third-order valence-electron chi connectivity index (χ3n) is 3.83. The van der Waals surface area contributed by atoms with E-state index in [0.29, 0.717) is 0 Å². The van der Waals surface area contributed by atoms with Gasteiger partial charge in [0.2, 0.25) is 5.91 Å². The van der Waals surface area contributed by atoms with Crippen LogP contribution in [0.3, 0.4) is 0 Å². The summed E-state index contributed by atoms with van der Waals surface area (Å²) in [5.74, 6) is 0.0807. The lowest BCUT2D eigenvalue weighted by Gasteiger charge is -2.36. The van der Waals surface area contributed by atoms with Crippen LogP contribution in [0.1, 0.15) is 46.0 Å². The topological polar surface area (TPSA) is 64.8 Å². The molecule has 1 fully saturated rings. The Morgan fingerprint density at radius 1 is 1.33 bits per heavy atom. The van der Waals surface area contributed by atoms with Gasteiger partial charge < -0.3 is 20.1 Å². The van der Waals surface area contributed by atoms with E-state index in [1.54, 1.807) is 7.11 Å². The van der Waals surface area contributed by atoms with E-state index in [2.05, 4.69) is 6.92 Å². The van der Waals surface area contributed by atoms with Crippen LogP contribution in [-0.2, 0) is 14.3 Å². The molecular weight excluding hydrogens is 292 g/mol. The normalized spacial score (nSPS) is 19.0. The Balaban J connectivity index is 0.00000400. The van der Waals surface area contributed by atoms with Crippen molar-refractivity contribution in [3.63, 3.8) is 0 Å². The van der Waals surface area contributed by atoms with Crippen LogP contribution in [0.4, 0.5) is 0 Å². The molecule has 21 heavy (non-hydrogen) atoms. The molecule has 6 heteroatoms. The summed E-state index contributed by atoms with van der Waals surface area (Å²) in [6, 6.07) is 0. The number of hydrogen-bond donors (Lipinski definition) is 1. The maximum absolute atomic E-state index is 12.4. The van der Waals surface area contributed by atoms with Gasteiger partial charge in [-0.25, -0.2) is 0 Å². The number of halogens is 1. The van der Waals surface area contributed by atoms with Crippen LogP contribution in [-0.4, -0.2) is 55.9 Å². The highest BCUT2D eigenvalue weighted by atomic mass is 35.5. The molecule has 1 aliphatic heterocycles. The zero-order valence-corrected chi connectivity index (χ0v) is 14.4. The standard InChI is InChI=1S/C15H30N2O3.ClH/c1-4-8-15(2,16)14(18)17-9-6-13(7-10-17)20-12-5-11-19-3;/h13H,4-12,16H2,1-3H3;1H. The van der Waals surface area contributed by atoms with E-state index in [1.807, 2.05) is 11.8 Å². The second kappa shape index (κ2) is 10.4. The number of methoxy groups -OCH3 is 1. The molecule has 1 atom stereocenters. The monoisotopic (exact) mass is 322 g/mol. The minimum Gasteiger partial charge on any atom is -0.385 e. The lowest BCUT2D eigenvalue weighted by molar-refractivity contribution is -0.139. The van der Waals surface area contributed by atoms with Gasteiger partial charge in [0.25, 0.3) is 0 Å². The van der Waals surface area contributed by atoms with Gasteiger partial charge in [0.15, 0.2) is 0 Å². The number of carbonyl (C=O) groups excluding carboxylic acids is 1. The summed E-state index contributed by atoms with van der Waals surface area (Å²) in [7, 11) is 1.70. The van der Waals surface area contributed by atoms with Gasteiger partial charge in [-0.3, -0.25) is 4.79 Å². The lowest BCUT2D eigenvalue weighted by atomic mass is 9.94. The molecule has 1 saturated heterocycles. The minimum absolute atomic E-state index is 0. The zero-order chi connectivity index (χ0) is 15.0. The number of likely N-dealkylation sites (tertiary alicyclic amines) is 1. The molecule has 0 aromatic rings. The van der Waals surface area contributed by atoms with E-state index in [0.717, 1.165) is 58.4 Å². The average molecular weight is 323 g/mol. The van der Waals surface area contributed by atoms with Gasteiger partial charge >= 0.3 is 0 Å². The van der Waals surface area contributed by atoms with Gasteiger partial charge in [0, 0.05) is 33.4 Å². The fraction of sp³-hybridized carbons (Fsp3) is 0.933. The fourth-order valence-electron chi connectivity index (χ4n) is 2.67. The summed E-state index contributed by atoms with van der Waals surface area (Å²) in [6.45, 7) is 6.87. The molecule has 0 bridgehead atoms. The highest BCUT2D eigenvalue weighted by Crippen LogP contribution is 2.19. The number of nitrogens with zero attached hydrogens (tertiary/aromatic N) is 1. The van der Waals surface area contributed by atoms with Crippen LogP contribution in [0.15, 0.2) is 0 Å². The van der Waals surface area contributed by atoms with Crippen molar-refractivity contribution in [2.75, 3.05) is 33.4 Å². The molecule has 0 aliphatic carbocycles. The molecule has 126 valence electrons. The van der Waals surface area contributed by atoms with Crippen LogP contribution in [0.25, 0.3) is 0 Å². The molecule has 0 radical (unpaired) electrons. The first-order chi connectivity index (χ1) is 9.51. The Labute approximate surface area is 134 Å². The number of amides is 1. The van der Waals surface area contributed by atoms with Crippen LogP contribution in [0.5, 0.6) is 0 Å². The Morgan fingerprint density at radius 3 is 2.48 bits per heavy atom. The maximum Gasteiger partial charge on any atom is 0.242 e. The van der Waals surface area contributed by atoms with Crippen LogP contribution in [0.2, 0.25) is 0 Å². The number of hydrogen-bond acceptors (Lipinski definition) is 4. The molecule has 0 aromatic carbocycles. The van der Waals surface area contributed by atoms with Gasteiger partial charge in [0.05, 0.1) is 11.6 Å². The maximum atomic E-state index is 12.4. The molecule has 1 unspecified atom stereocenters. The van der Waals surface area contributed by atoms with Crippen molar-refractivity contribution in [3.05, 3.63) is 0 Å². The van der Waals surface area contributed by atoms with Crippen molar-refractivity contribution < 1.29 is 14.3 Å². The molecule has 0 aromatic heterocycles. The molecule has 2 N–H and O–H groups in total. The molecule has 0 saturated carbocycles. The van der Waals surface area contributed by atoms with Crippen molar-refractivity contribution in [2.24, 2.45) is 5.73 Å². The van der Waals surface area contributed by atoms with E-state index in [1.165, 1.54) is 0 Å². The first-order valence-electron chi connectivity index (χ1n) is 7.70. The SMILES string of the molecule is CCCC(C)(N)C(=O)N1CCC(OCCCOC)CC1.Cl. The Morgan fingerprint density at radius 2 is 1.95 bits per heavy atom. The largest absolute Gasteiger partial charge is 0.385 e. The second-order valence-electron chi connectivity index (χ2n) is 5.88. The minimum atomic E-state index is -0.721. The predicted molar refractivity (Wildman–Crippen MR) is 86.8 cm³/mol. The lowest BCUT2D eigenvalue weighted by Crippen LogP contribution is -2.55. The van der Waals surface area contributed by atoms with E-state index in [4.69, 9.17) is 15.2 Å². The highest BCUT2D eigenvalue weighted by Gasteiger charge is 2.33. The number of nitrogens with two attached hydrogens (primary N) is 1. The Kier molecular flexibility index (Phi) is 10.2. The zero-order valence-electron chi connectivity index (χ0n) is 13.6. The van der Waals surface area contributed by atoms with Gasteiger partial charge in [-0.15, -0.1) is 12.4 Å². The Hall–Kier alpha value is -0.360. The highest BCUT2D eigenvalue weighted by molar-refractivity contribution is 5.86. The molecule has 1 amide bonds. The summed E-state index contributed by atoms with van der Waals surface area (Å²) in [6.07, 6.45) is 4.66. The van der Waals surface area contributed by atoms with Crippen molar-refractivity contribution in [1.29, 1.82) is 0 Å². The van der Waals surface area contributed by atoms with Gasteiger partial charge in [0.1, 0.15) is 0 Å². The summed E-state index contributed by atoms with van der Waals surface area (Å²) in [5, 5.41) is 0. The summed E-state index contributed by atoms with van der Waals surface area (Å²) < 4.78 is 10.8. The van der Waals surface area contributed by atoms with Crippen molar-refractivity contribution in [3.8, 4) is 0 Å². The van der Waals surface area contributed by atoms with Crippen molar-refractivity contribution >= 4 is 18.3 Å². The Bertz CT molecular complexity index is 293. The second-order valence-corrected chi connectivity index (χ2v) is 5.88. The van der Waals surface area contributed by atoms with Crippen LogP contribution < -0.4 is 5.73 Å². The van der Waals surface area contributed by atoms with Gasteiger partial charge in [-0.05, 0) is 32.6 Å². The van der Waals surface area contributed by atoms with Crippen molar-refractivity contribution in [2.45, 2.75) is 57.6 Å². The molecule has 1 aliphatic rings. The third-order valence-corrected chi connectivity index (χ3v) is 3.83. The van der Waals surface area contributed by atoms with Crippen LogP contribution in [0, 0.1) is 0 Å². The summed E-state index contributed by atoms with van der Waals surface area (Å²) >= 11 is 0. The predicted octanol–water partition coefficient (Wildman–Crippen LogP) is 1.97. The number of carbonyl (C=O) groups is 1. The van der Waals surface area contributed by atoms with Crippen molar-refractivity contribution in [1.82, 2.24) is 4.90 Å². The van der Waals surface area contributed by atoms with Gasteiger partial charge in [-0.2, -0.15) is 0 Å². The van der Waals surface area contributed by atoms with E-state index in [9.17, 15) is 4.79 Å². The fourth-order valence-corrected chi connectivity index (χ4v) is 2.67. The molecule has 1 rings (SSSR count). The summed E-state index contributed by atoms with van der Waals surface area (Å²) in [5.41, 5.74) is 5.39. The first-order valence-corrected chi connectivity index (χ1v) is 7.70. The molecule has 0 spiro atoms. The molecular formula is C15H31ClN2O3. The summed E-state index contributed by atoms with van der Waals surface area (Å²) in [4.78, 5) is 14.3. The van der Waals surface area contributed by atoms with E-state index < -0.39 is 5.54 Å².